The molecule has 8 heavy (non-hydrogen) atoms. The van der Waals surface area contributed by atoms with E-state index in [1.807, 2.05) is 0 Å². The van der Waals surface area contributed by atoms with Gasteiger partial charge in [-0.15, -0.1) is 0 Å². The predicted molar refractivity (Wildman–Crippen MR) is 33.0 cm³/mol. The standard InChI is InChI=1S/C7H9N/c1-4-6(7(4)8)5-2-3-5/h2-6,8H,1H3. The van der Waals surface area contributed by atoms with Gasteiger partial charge in [-0.2, -0.15) is 0 Å². The topological polar surface area (TPSA) is 23.9 Å². The molecule has 0 bridgehead atoms. The second-order valence-corrected chi connectivity index (χ2v) is 2.73. The lowest BCUT2D eigenvalue weighted by molar-refractivity contribution is 0.707. The van der Waals surface area contributed by atoms with Crippen LogP contribution in [0.1, 0.15) is 6.92 Å². The normalized spacial score (nSPS) is 42.9. The van der Waals surface area contributed by atoms with Gasteiger partial charge in [0.25, 0.3) is 0 Å². The first-order chi connectivity index (χ1) is 3.80. The Bertz CT molecular complexity index is 163. The molecule has 0 amide bonds. The monoisotopic (exact) mass is 107 g/mol. The van der Waals surface area contributed by atoms with Crippen molar-refractivity contribution in [3.05, 3.63) is 12.2 Å². The van der Waals surface area contributed by atoms with Gasteiger partial charge >= 0.3 is 0 Å². The van der Waals surface area contributed by atoms with E-state index < -0.39 is 0 Å². The molecule has 0 heterocycles. The van der Waals surface area contributed by atoms with Gasteiger partial charge in [-0.1, -0.05) is 19.1 Å². The van der Waals surface area contributed by atoms with E-state index in [9.17, 15) is 0 Å². The third-order valence-electron chi connectivity index (χ3n) is 2.11. The van der Waals surface area contributed by atoms with Crippen LogP contribution in [0.2, 0.25) is 0 Å². The first kappa shape index (κ1) is 4.30. The maximum atomic E-state index is 7.30. The third-order valence-corrected chi connectivity index (χ3v) is 2.11. The van der Waals surface area contributed by atoms with Crippen LogP contribution < -0.4 is 0 Å². The van der Waals surface area contributed by atoms with E-state index in [1.54, 1.807) is 0 Å². The lowest BCUT2D eigenvalue weighted by Gasteiger charge is -1.82. The summed E-state index contributed by atoms with van der Waals surface area (Å²) < 4.78 is 0. The lowest BCUT2D eigenvalue weighted by Crippen LogP contribution is -1.81. The van der Waals surface area contributed by atoms with Gasteiger partial charge in [-0.25, -0.2) is 0 Å². The molecule has 0 aromatic carbocycles. The van der Waals surface area contributed by atoms with Gasteiger partial charge in [-0.05, 0) is 0 Å². The maximum Gasteiger partial charge on any atom is 0.0170 e. The Hall–Kier alpha value is -0.590. The van der Waals surface area contributed by atoms with Crippen molar-refractivity contribution in [1.82, 2.24) is 0 Å². The zero-order valence-corrected chi connectivity index (χ0v) is 4.89. The van der Waals surface area contributed by atoms with E-state index in [2.05, 4.69) is 19.1 Å². The van der Waals surface area contributed by atoms with Crippen LogP contribution in [0.3, 0.4) is 0 Å². The van der Waals surface area contributed by atoms with E-state index in [1.165, 1.54) is 0 Å². The highest BCUT2D eigenvalue weighted by atomic mass is 14.6. The van der Waals surface area contributed by atoms with Gasteiger partial charge in [0.15, 0.2) is 0 Å². The van der Waals surface area contributed by atoms with E-state index in [0.29, 0.717) is 17.8 Å². The SMILES string of the molecule is CC1C(=N)C1C1C=C1. The molecule has 1 N–H and O–H groups in total. The third kappa shape index (κ3) is 0.391. The Labute approximate surface area is 48.9 Å². The summed E-state index contributed by atoms with van der Waals surface area (Å²) in [5.74, 6) is 1.91. The molecule has 42 valence electrons. The molecule has 0 aromatic rings. The molecule has 0 aliphatic heterocycles. The van der Waals surface area contributed by atoms with Crippen LogP contribution in [-0.2, 0) is 0 Å². The number of nitrogens with one attached hydrogen (secondary N) is 1. The van der Waals surface area contributed by atoms with E-state index in [-0.39, 0.29) is 0 Å². The van der Waals surface area contributed by atoms with Gasteiger partial charge in [0.05, 0.1) is 0 Å². The second-order valence-electron chi connectivity index (χ2n) is 2.73. The first-order valence-corrected chi connectivity index (χ1v) is 3.07. The summed E-state index contributed by atoms with van der Waals surface area (Å²) in [5, 5.41) is 7.30. The molecular formula is C7H9N. The molecule has 0 spiro atoms. The lowest BCUT2D eigenvalue weighted by atomic mass is 10.2. The maximum absolute atomic E-state index is 7.30. The summed E-state index contributed by atoms with van der Waals surface area (Å²) in [6.45, 7) is 2.13. The van der Waals surface area contributed by atoms with Crippen LogP contribution in [0.5, 0.6) is 0 Å². The van der Waals surface area contributed by atoms with Crippen LogP contribution in [0.15, 0.2) is 12.2 Å². The summed E-state index contributed by atoms with van der Waals surface area (Å²) in [7, 11) is 0. The first-order valence-electron chi connectivity index (χ1n) is 3.07. The minimum absolute atomic E-state index is 0.593. The minimum atomic E-state index is 0.593. The van der Waals surface area contributed by atoms with Crippen LogP contribution in [0, 0.1) is 23.2 Å². The molecule has 1 fully saturated rings. The van der Waals surface area contributed by atoms with Crippen molar-refractivity contribution in [2.45, 2.75) is 6.92 Å². The highest BCUT2D eigenvalue weighted by molar-refractivity contribution is 6.02. The smallest absolute Gasteiger partial charge is 0.0170 e. The molecular weight excluding hydrogens is 98.1 g/mol. The number of hydrogen-bond acceptors (Lipinski definition) is 1. The van der Waals surface area contributed by atoms with Crippen molar-refractivity contribution in [2.75, 3.05) is 0 Å². The summed E-state index contributed by atoms with van der Waals surface area (Å²) in [4.78, 5) is 0. The molecule has 1 heteroatoms. The van der Waals surface area contributed by atoms with Crippen molar-refractivity contribution in [1.29, 1.82) is 5.41 Å². The summed E-state index contributed by atoms with van der Waals surface area (Å²) >= 11 is 0. The molecule has 2 aliphatic rings. The van der Waals surface area contributed by atoms with Gasteiger partial charge < -0.3 is 5.41 Å². The van der Waals surface area contributed by atoms with Crippen LogP contribution in [-0.4, -0.2) is 5.71 Å². The minimum Gasteiger partial charge on any atom is -0.309 e. The highest BCUT2D eigenvalue weighted by Gasteiger charge is 2.47. The van der Waals surface area contributed by atoms with Crippen LogP contribution >= 0.6 is 0 Å². The molecule has 0 radical (unpaired) electrons. The van der Waals surface area contributed by atoms with Gasteiger partial charge in [0.1, 0.15) is 0 Å². The van der Waals surface area contributed by atoms with Gasteiger partial charge in [0.2, 0.25) is 0 Å². The molecule has 0 saturated heterocycles. The fourth-order valence-corrected chi connectivity index (χ4v) is 1.27. The van der Waals surface area contributed by atoms with E-state index in [4.69, 9.17) is 5.41 Å². The van der Waals surface area contributed by atoms with Gasteiger partial charge in [-0.3, -0.25) is 0 Å². The second kappa shape index (κ2) is 1.04. The average molecular weight is 107 g/mol. The predicted octanol–water partition coefficient (Wildman–Crippen LogP) is 1.46. The zero-order chi connectivity index (χ0) is 5.72. The quantitative estimate of drug-likeness (QED) is 0.490. The fraction of sp³-hybridized carbons (Fsp3) is 0.571. The highest BCUT2D eigenvalue weighted by Crippen LogP contribution is 2.45. The number of hydrogen-bond donors (Lipinski definition) is 1. The fourth-order valence-electron chi connectivity index (χ4n) is 1.27. The van der Waals surface area contributed by atoms with Crippen LogP contribution in [0.4, 0.5) is 0 Å². The molecule has 2 aliphatic carbocycles. The van der Waals surface area contributed by atoms with Crippen molar-refractivity contribution in [3.8, 4) is 0 Å². The Morgan fingerprint density at radius 2 is 2.00 bits per heavy atom. The Morgan fingerprint density at radius 3 is 2.12 bits per heavy atom. The molecule has 2 atom stereocenters. The van der Waals surface area contributed by atoms with E-state index in [0.717, 1.165) is 5.71 Å². The Balaban J connectivity index is 2.03. The molecule has 2 rings (SSSR count). The number of allylic oxidation sites excluding steroid dienone is 2. The Morgan fingerprint density at radius 1 is 1.50 bits per heavy atom. The van der Waals surface area contributed by atoms with Gasteiger partial charge in [0, 0.05) is 23.5 Å². The number of rotatable bonds is 1. The van der Waals surface area contributed by atoms with Crippen LogP contribution in [0.25, 0.3) is 0 Å². The summed E-state index contributed by atoms with van der Waals surface area (Å²) in [6.07, 6.45) is 4.37. The Kier molecular flexibility index (Phi) is 0.561. The largest absolute Gasteiger partial charge is 0.309 e. The average Bonchev–Trinajstić information content (AvgIpc) is 2.52. The molecule has 1 nitrogen and oxygen atoms in total. The van der Waals surface area contributed by atoms with Crippen molar-refractivity contribution >= 4 is 5.71 Å². The molecule has 0 aromatic heterocycles. The van der Waals surface area contributed by atoms with E-state index >= 15 is 0 Å². The van der Waals surface area contributed by atoms with Crippen molar-refractivity contribution < 1.29 is 0 Å². The zero-order valence-electron chi connectivity index (χ0n) is 4.89. The summed E-state index contributed by atoms with van der Waals surface area (Å²) in [6, 6.07) is 0. The van der Waals surface area contributed by atoms with Crippen molar-refractivity contribution in [2.24, 2.45) is 17.8 Å². The summed E-state index contributed by atoms with van der Waals surface area (Å²) in [5.41, 5.74) is 0.958. The molecule has 2 unspecified atom stereocenters. The molecule has 1 saturated carbocycles. The van der Waals surface area contributed by atoms with Crippen molar-refractivity contribution in [3.63, 3.8) is 0 Å².